The Morgan fingerprint density at radius 2 is 2.00 bits per heavy atom. The molecule has 0 fully saturated rings. The highest BCUT2D eigenvalue weighted by Crippen LogP contribution is 2.36. The fraction of sp³-hybridized carbons (Fsp3) is 0.250. The highest BCUT2D eigenvalue weighted by molar-refractivity contribution is 6.32. The standard InChI is InChI=1S/C20H20ClN3O7/c1-27-17-6-12(5-14(21)20(17)29-10-19(26)28-2)8-23-24-18(25)9-22-13-3-4-15-16(7-13)31-11-30-15/h3-8,22H,9-11H2,1-2H3,(H,24,25)/b23-8-. The maximum absolute atomic E-state index is 12.0. The summed E-state index contributed by atoms with van der Waals surface area (Å²) in [5, 5.41) is 7.08. The quantitative estimate of drug-likeness (QED) is 0.340. The second kappa shape index (κ2) is 10.4. The highest BCUT2D eigenvalue weighted by Gasteiger charge is 2.14. The first-order valence-electron chi connectivity index (χ1n) is 9.02. The minimum Gasteiger partial charge on any atom is -0.493 e. The van der Waals surface area contributed by atoms with Crippen LogP contribution in [-0.2, 0) is 14.3 Å². The minimum atomic E-state index is -0.555. The van der Waals surface area contributed by atoms with E-state index in [9.17, 15) is 9.59 Å². The smallest absolute Gasteiger partial charge is 0.343 e. The van der Waals surface area contributed by atoms with Gasteiger partial charge in [-0.25, -0.2) is 10.2 Å². The number of hydrogen-bond donors (Lipinski definition) is 2. The van der Waals surface area contributed by atoms with Gasteiger partial charge in [0, 0.05) is 11.8 Å². The van der Waals surface area contributed by atoms with Crippen LogP contribution >= 0.6 is 11.6 Å². The van der Waals surface area contributed by atoms with Crippen molar-refractivity contribution in [3.05, 3.63) is 40.9 Å². The molecule has 0 aromatic heterocycles. The lowest BCUT2D eigenvalue weighted by Crippen LogP contribution is -2.25. The number of halogens is 1. The molecule has 2 N–H and O–H groups in total. The van der Waals surface area contributed by atoms with Gasteiger partial charge in [0.25, 0.3) is 5.91 Å². The van der Waals surface area contributed by atoms with E-state index in [1.54, 1.807) is 30.3 Å². The molecular formula is C20H20ClN3O7. The van der Waals surface area contributed by atoms with Crippen molar-refractivity contribution in [2.75, 3.05) is 39.5 Å². The number of carbonyl (C=O) groups is 2. The Balaban J connectivity index is 1.54. The predicted molar refractivity (Wildman–Crippen MR) is 112 cm³/mol. The number of rotatable bonds is 9. The van der Waals surface area contributed by atoms with E-state index in [4.69, 9.17) is 30.5 Å². The summed E-state index contributed by atoms with van der Waals surface area (Å²) in [6.45, 7) is -0.130. The van der Waals surface area contributed by atoms with Gasteiger partial charge in [0.15, 0.2) is 29.6 Å². The number of methoxy groups -OCH3 is 2. The number of hydrazone groups is 1. The summed E-state index contributed by atoms with van der Waals surface area (Å²) in [5.74, 6) is 0.867. The number of benzene rings is 2. The minimum absolute atomic E-state index is 0.00136. The molecule has 0 saturated carbocycles. The van der Waals surface area contributed by atoms with Crippen LogP contribution in [0.25, 0.3) is 0 Å². The van der Waals surface area contributed by atoms with Gasteiger partial charge in [-0.1, -0.05) is 11.6 Å². The number of nitrogens with zero attached hydrogens (tertiary/aromatic N) is 1. The summed E-state index contributed by atoms with van der Waals surface area (Å²) in [7, 11) is 2.68. The van der Waals surface area contributed by atoms with Crippen molar-refractivity contribution in [2.45, 2.75) is 0 Å². The largest absolute Gasteiger partial charge is 0.493 e. The van der Waals surface area contributed by atoms with Gasteiger partial charge >= 0.3 is 5.97 Å². The first kappa shape index (κ1) is 22.0. The molecule has 1 amide bonds. The lowest BCUT2D eigenvalue weighted by Gasteiger charge is -2.12. The predicted octanol–water partition coefficient (Wildman–Crippen LogP) is 2.19. The van der Waals surface area contributed by atoms with Crippen molar-refractivity contribution in [3.63, 3.8) is 0 Å². The van der Waals surface area contributed by atoms with Crippen molar-refractivity contribution < 1.29 is 33.3 Å². The van der Waals surface area contributed by atoms with Gasteiger partial charge in [-0.3, -0.25) is 4.79 Å². The summed E-state index contributed by atoms with van der Waals surface area (Å²) in [4.78, 5) is 23.3. The van der Waals surface area contributed by atoms with Crippen molar-refractivity contribution in [3.8, 4) is 23.0 Å². The van der Waals surface area contributed by atoms with Gasteiger partial charge in [-0.15, -0.1) is 0 Å². The van der Waals surface area contributed by atoms with Crippen LogP contribution in [-0.4, -0.2) is 52.3 Å². The van der Waals surface area contributed by atoms with Gasteiger partial charge in [0.2, 0.25) is 6.79 Å². The van der Waals surface area contributed by atoms with E-state index in [2.05, 4.69) is 20.6 Å². The Labute approximate surface area is 183 Å². The number of esters is 1. The summed E-state index contributed by atoms with van der Waals surface area (Å²) < 4.78 is 25.6. The van der Waals surface area contributed by atoms with Crippen LogP contribution in [0.4, 0.5) is 5.69 Å². The molecule has 0 saturated heterocycles. The molecule has 0 atom stereocenters. The molecule has 1 aliphatic rings. The third kappa shape index (κ3) is 5.92. The van der Waals surface area contributed by atoms with Crippen LogP contribution in [0.2, 0.25) is 5.02 Å². The molecule has 11 heteroatoms. The lowest BCUT2D eigenvalue weighted by molar-refractivity contribution is -0.142. The SMILES string of the molecule is COC(=O)COc1c(Cl)cc(/C=N\NC(=O)CNc2ccc3c(c2)OCO3)cc1OC. The fourth-order valence-corrected chi connectivity index (χ4v) is 2.83. The van der Waals surface area contributed by atoms with Crippen molar-refractivity contribution in [1.82, 2.24) is 5.43 Å². The number of nitrogens with one attached hydrogen (secondary N) is 2. The van der Waals surface area contributed by atoms with Crippen LogP contribution < -0.4 is 29.7 Å². The molecule has 2 aromatic rings. The second-order valence-corrected chi connectivity index (χ2v) is 6.52. The zero-order chi connectivity index (χ0) is 22.2. The summed E-state index contributed by atoms with van der Waals surface area (Å²) in [6.07, 6.45) is 1.40. The molecule has 31 heavy (non-hydrogen) atoms. The highest BCUT2D eigenvalue weighted by atomic mass is 35.5. The van der Waals surface area contributed by atoms with E-state index in [0.29, 0.717) is 28.5 Å². The Hall–Kier alpha value is -3.66. The van der Waals surface area contributed by atoms with Gasteiger partial charge in [0.1, 0.15) is 0 Å². The molecule has 0 radical (unpaired) electrons. The number of hydrogen-bond acceptors (Lipinski definition) is 9. The Bertz CT molecular complexity index is 997. The molecule has 2 aromatic carbocycles. The fourth-order valence-electron chi connectivity index (χ4n) is 2.55. The van der Waals surface area contributed by atoms with E-state index >= 15 is 0 Å². The topological polar surface area (TPSA) is 117 Å². The van der Waals surface area contributed by atoms with Gasteiger partial charge in [-0.2, -0.15) is 5.10 Å². The Kier molecular flexibility index (Phi) is 7.39. The maximum atomic E-state index is 12.0. The molecule has 164 valence electrons. The Morgan fingerprint density at radius 3 is 2.77 bits per heavy atom. The molecule has 0 bridgehead atoms. The molecular weight excluding hydrogens is 430 g/mol. The first-order chi connectivity index (χ1) is 15.0. The van der Waals surface area contributed by atoms with Crippen LogP contribution in [0.15, 0.2) is 35.4 Å². The van der Waals surface area contributed by atoms with Crippen LogP contribution in [0.5, 0.6) is 23.0 Å². The lowest BCUT2D eigenvalue weighted by atomic mass is 10.2. The second-order valence-electron chi connectivity index (χ2n) is 6.11. The van der Waals surface area contributed by atoms with E-state index < -0.39 is 5.97 Å². The summed E-state index contributed by atoms with van der Waals surface area (Å²) in [6, 6.07) is 8.44. The van der Waals surface area contributed by atoms with Crippen molar-refractivity contribution in [2.24, 2.45) is 5.10 Å². The third-order valence-electron chi connectivity index (χ3n) is 4.04. The number of amides is 1. The van der Waals surface area contributed by atoms with Crippen molar-refractivity contribution >= 4 is 35.4 Å². The summed E-state index contributed by atoms with van der Waals surface area (Å²) >= 11 is 6.20. The molecule has 3 rings (SSSR count). The maximum Gasteiger partial charge on any atom is 0.343 e. The third-order valence-corrected chi connectivity index (χ3v) is 4.32. The first-order valence-corrected chi connectivity index (χ1v) is 9.40. The molecule has 0 aliphatic carbocycles. The molecule has 10 nitrogen and oxygen atoms in total. The van der Waals surface area contributed by atoms with E-state index in [1.807, 2.05) is 0 Å². The monoisotopic (exact) mass is 449 g/mol. The average molecular weight is 450 g/mol. The van der Waals surface area contributed by atoms with Gasteiger partial charge < -0.3 is 29.0 Å². The molecule has 0 spiro atoms. The molecule has 1 aliphatic heterocycles. The van der Waals surface area contributed by atoms with E-state index in [0.717, 1.165) is 0 Å². The van der Waals surface area contributed by atoms with Crippen LogP contribution in [0.1, 0.15) is 5.56 Å². The average Bonchev–Trinajstić information content (AvgIpc) is 3.24. The normalized spacial score (nSPS) is 11.8. The number of fused-ring (bicyclic) bond motifs is 1. The van der Waals surface area contributed by atoms with Gasteiger partial charge in [0.05, 0.1) is 32.0 Å². The number of anilines is 1. The van der Waals surface area contributed by atoms with E-state index in [-0.39, 0.29) is 36.6 Å². The van der Waals surface area contributed by atoms with E-state index in [1.165, 1.54) is 20.4 Å². The molecule has 1 heterocycles. The zero-order valence-corrected chi connectivity index (χ0v) is 17.5. The van der Waals surface area contributed by atoms with Crippen molar-refractivity contribution in [1.29, 1.82) is 0 Å². The zero-order valence-electron chi connectivity index (χ0n) is 16.8. The van der Waals surface area contributed by atoms with Crippen LogP contribution in [0, 0.1) is 0 Å². The number of carbonyl (C=O) groups excluding carboxylic acids is 2. The summed E-state index contributed by atoms with van der Waals surface area (Å²) in [5.41, 5.74) is 3.67. The van der Waals surface area contributed by atoms with Gasteiger partial charge in [-0.05, 0) is 29.8 Å². The van der Waals surface area contributed by atoms with Crippen LogP contribution in [0.3, 0.4) is 0 Å². The molecule has 0 unspecified atom stereocenters. The Morgan fingerprint density at radius 1 is 1.19 bits per heavy atom. The number of ether oxygens (including phenoxy) is 5.